The first-order valence-corrected chi connectivity index (χ1v) is 6.05. The normalized spacial score (nSPS) is 20.8. The zero-order valence-electron chi connectivity index (χ0n) is 8.30. The van der Waals surface area contributed by atoms with Gasteiger partial charge in [-0.1, -0.05) is 0 Å². The highest BCUT2D eigenvalue weighted by Gasteiger charge is 2.14. The molecule has 1 fully saturated rings. The summed E-state index contributed by atoms with van der Waals surface area (Å²) >= 11 is 1.57. The molecule has 82 valence electrons. The lowest BCUT2D eigenvalue weighted by Gasteiger charge is -2.09. The molecule has 1 heterocycles. The van der Waals surface area contributed by atoms with Crippen LogP contribution in [0.2, 0.25) is 0 Å². The molecule has 1 saturated heterocycles. The van der Waals surface area contributed by atoms with Crippen LogP contribution in [0, 0.1) is 11.6 Å². The quantitative estimate of drug-likeness (QED) is 0.800. The van der Waals surface area contributed by atoms with Crippen LogP contribution in [-0.4, -0.2) is 18.3 Å². The van der Waals surface area contributed by atoms with Crippen LogP contribution in [0.4, 0.5) is 8.78 Å². The van der Waals surface area contributed by atoms with Crippen molar-refractivity contribution in [2.45, 2.75) is 23.8 Å². The van der Waals surface area contributed by atoms with E-state index in [0.29, 0.717) is 6.04 Å². The van der Waals surface area contributed by atoms with Crippen molar-refractivity contribution in [1.82, 2.24) is 5.32 Å². The summed E-state index contributed by atoms with van der Waals surface area (Å²) in [6, 6.07) is 4.58. The number of hydrogen-bond donors (Lipinski definition) is 1. The molecule has 0 amide bonds. The lowest BCUT2D eigenvalue weighted by Crippen LogP contribution is -2.23. The van der Waals surface area contributed by atoms with Crippen LogP contribution >= 0.6 is 11.8 Å². The summed E-state index contributed by atoms with van der Waals surface area (Å²) in [7, 11) is 0. The highest BCUT2D eigenvalue weighted by molar-refractivity contribution is 7.99. The average Bonchev–Trinajstić information content (AvgIpc) is 2.73. The molecule has 0 saturated carbocycles. The maximum Gasteiger partial charge on any atom is 0.159 e. The Morgan fingerprint density at radius 1 is 1.33 bits per heavy atom. The number of hydrogen-bond acceptors (Lipinski definition) is 2. The number of thioether (sulfide) groups is 1. The van der Waals surface area contributed by atoms with Crippen molar-refractivity contribution in [2.24, 2.45) is 0 Å². The third kappa shape index (κ3) is 2.92. The molecule has 1 aliphatic heterocycles. The second kappa shape index (κ2) is 4.94. The van der Waals surface area contributed by atoms with E-state index in [-0.39, 0.29) is 0 Å². The molecule has 1 atom stereocenters. The van der Waals surface area contributed by atoms with Gasteiger partial charge < -0.3 is 5.32 Å². The fourth-order valence-electron chi connectivity index (χ4n) is 1.66. The molecule has 1 nitrogen and oxygen atoms in total. The minimum Gasteiger partial charge on any atom is -0.313 e. The minimum absolute atomic E-state index is 0.517. The highest BCUT2D eigenvalue weighted by atomic mass is 32.2. The minimum atomic E-state index is -0.779. The zero-order valence-corrected chi connectivity index (χ0v) is 9.12. The van der Waals surface area contributed by atoms with Crippen molar-refractivity contribution in [3.63, 3.8) is 0 Å². The van der Waals surface area contributed by atoms with E-state index in [1.54, 1.807) is 17.8 Å². The lowest BCUT2D eigenvalue weighted by molar-refractivity contribution is 0.506. The van der Waals surface area contributed by atoms with Crippen molar-refractivity contribution in [2.75, 3.05) is 12.3 Å². The molecular weight excluding hydrogens is 216 g/mol. The van der Waals surface area contributed by atoms with E-state index >= 15 is 0 Å². The van der Waals surface area contributed by atoms with Gasteiger partial charge in [-0.05, 0) is 37.6 Å². The first-order chi connectivity index (χ1) is 7.25. The van der Waals surface area contributed by atoms with Crippen molar-refractivity contribution in [3.05, 3.63) is 29.8 Å². The van der Waals surface area contributed by atoms with Gasteiger partial charge in [-0.3, -0.25) is 0 Å². The SMILES string of the molecule is Fc1ccc(SC[C@@H]2CCCN2)cc1F. The third-order valence-electron chi connectivity index (χ3n) is 2.50. The van der Waals surface area contributed by atoms with E-state index in [0.717, 1.165) is 17.2 Å². The van der Waals surface area contributed by atoms with Gasteiger partial charge in [0.05, 0.1) is 0 Å². The topological polar surface area (TPSA) is 12.0 Å². The van der Waals surface area contributed by atoms with Gasteiger partial charge in [-0.25, -0.2) is 8.78 Å². The second-order valence-corrected chi connectivity index (χ2v) is 4.77. The molecule has 1 aromatic carbocycles. The number of halogens is 2. The summed E-state index contributed by atoms with van der Waals surface area (Å²) in [4.78, 5) is 0.794. The van der Waals surface area contributed by atoms with E-state index in [2.05, 4.69) is 5.32 Å². The number of benzene rings is 1. The fourth-order valence-corrected chi connectivity index (χ4v) is 2.69. The molecule has 0 spiro atoms. The Hall–Kier alpha value is -0.610. The molecule has 0 unspecified atom stereocenters. The summed E-state index contributed by atoms with van der Waals surface area (Å²) in [5.74, 6) is -0.622. The average molecular weight is 229 g/mol. The van der Waals surface area contributed by atoms with Crippen LogP contribution < -0.4 is 5.32 Å². The predicted octanol–water partition coefficient (Wildman–Crippen LogP) is 2.81. The van der Waals surface area contributed by atoms with Crippen LogP contribution in [0.5, 0.6) is 0 Å². The molecule has 15 heavy (non-hydrogen) atoms. The number of nitrogens with one attached hydrogen (secondary N) is 1. The van der Waals surface area contributed by atoms with Gasteiger partial charge in [-0.2, -0.15) is 0 Å². The Bertz CT molecular complexity index is 337. The first-order valence-electron chi connectivity index (χ1n) is 5.07. The summed E-state index contributed by atoms with van der Waals surface area (Å²) in [6.45, 7) is 1.07. The van der Waals surface area contributed by atoms with Crippen LogP contribution in [0.3, 0.4) is 0 Å². The number of rotatable bonds is 3. The van der Waals surface area contributed by atoms with Crippen molar-refractivity contribution in [3.8, 4) is 0 Å². The van der Waals surface area contributed by atoms with E-state index in [4.69, 9.17) is 0 Å². The third-order valence-corrected chi connectivity index (χ3v) is 3.66. The molecule has 1 aliphatic rings. The Morgan fingerprint density at radius 2 is 2.20 bits per heavy atom. The largest absolute Gasteiger partial charge is 0.313 e. The summed E-state index contributed by atoms with van der Waals surface area (Å²) in [5, 5.41) is 3.36. The highest BCUT2D eigenvalue weighted by Crippen LogP contribution is 2.22. The molecule has 0 radical (unpaired) electrons. The van der Waals surface area contributed by atoms with Crippen LogP contribution in [0.1, 0.15) is 12.8 Å². The van der Waals surface area contributed by atoms with Gasteiger partial charge in [0.25, 0.3) is 0 Å². The monoisotopic (exact) mass is 229 g/mol. The molecule has 2 rings (SSSR count). The molecular formula is C11H13F2NS. The van der Waals surface area contributed by atoms with E-state index in [1.807, 2.05) is 0 Å². The van der Waals surface area contributed by atoms with Crippen molar-refractivity contribution in [1.29, 1.82) is 0 Å². The standard InChI is InChI=1S/C11H13F2NS/c12-10-4-3-9(6-11(10)13)15-7-8-2-1-5-14-8/h3-4,6,8,14H,1-2,5,7H2/t8-/m0/s1. The van der Waals surface area contributed by atoms with Crippen LogP contribution in [0.15, 0.2) is 23.1 Å². The van der Waals surface area contributed by atoms with Gasteiger partial charge in [-0.15, -0.1) is 11.8 Å². The van der Waals surface area contributed by atoms with Gasteiger partial charge in [0.15, 0.2) is 11.6 Å². The van der Waals surface area contributed by atoms with Gasteiger partial charge in [0, 0.05) is 16.7 Å². The summed E-state index contributed by atoms with van der Waals surface area (Å²) in [5.41, 5.74) is 0. The van der Waals surface area contributed by atoms with Gasteiger partial charge in [0.1, 0.15) is 0 Å². The Morgan fingerprint density at radius 3 is 2.87 bits per heavy atom. The maximum atomic E-state index is 12.9. The van der Waals surface area contributed by atoms with Crippen LogP contribution in [-0.2, 0) is 0 Å². The Kier molecular flexibility index (Phi) is 3.59. The van der Waals surface area contributed by atoms with E-state index in [9.17, 15) is 8.78 Å². The van der Waals surface area contributed by atoms with E-state index < -0.39 is 11.6 Å². The van der Waals surface area contributed by atoms with E-state index in [1.165, 1.54) is 25.0 Å². The molecule has 0 bridgehead atoms. The second-order valence-electron chi connectivity index (χ2n) is 3.68. The predicted molar refractivity (Wildman–Crippen MR) is 58.1 cm³/mol. The van der Waals surface area contributed by atoms with Gasteiger partial charge >= 0.3 is 0 Å². The Balaban J connectivity index is 1.90. The van der Waals surface area contributed by atoms with Gasteiger partial charge in [0.2, 0.25) is 0 Å². The lowest BCUT2D eigenvalue weighted by atomic mass is 10.3. The van der Waals surface area contributed by atoms with Crippen molar-refractivity contribution < 1.29 is 8.78 Å². The van der Waals surface area contributed by atoms with Crippen LogP contribution in [0.25, 0.3) is 0 Å². The smallest absolute Gasteiger partial charge is 0.159 e. The fraction of sp³-hybridized carbons (Fsp3) is 0.455. The molecule has 0 aliphatic carbocycles. The Labute approximate surface area is 92.3 Å². The summed E-state index contributed by atoms with van der Waals surface area (Å²) in [6.07, 6.45) is 2.39. The zero-order chi connectivity index (χ0) is 10.7. The maximum absolute atomic E-state index is 12.9. The first kappa shape index (κ1) is 10.9. The molecule has 1 aromatic rings. The summed E-state index contributed by atoms with van der Waals surface area (Å²) < 4.78 is 25.5. The molecule has 4 heteroatoms. The molecule has 1 N–H and O–H groups in total. The van der Waals surface area contributed by atoms with Crippen molar-refractivity contribution >= 4 is 11.8 Å². The molecule has 0 aromatic heterocycles.